The van der Waals surface area contributed by atoms with Crippen molar-refractivity contribution in [1.29, 1.82) is 0 Å². The van der Waals surface area contributed by atoms with Crippen molar-refractivity contribution >= 4 is 11.9 Å². The molecule has 9 heteroatoms. The molecule has 2 aromatic heterocycles. The molecule has 0 saturated carbocycles. The highest BCUT2D eigenvalue weighted by molar-refractivity contribution is 5.92. The number of hydrogen-bond donors (Lipinski definition) is 3. The van der Waals surface area contributed by atoms with E-state index < -0.39 is 11.9 Å². The fraction of sp³-hybridized carbons (Fsp3) is 0. The highest BCUT2D eigenvalue weighted by Crippen LogP contribution is 2.20. The molecule has 0 aliphatic rings. The lowest BCUT2D eigenvalue weighted by Crippen LogP contribution is -2.44. The number of hydrogen-bond acceptors (Lipinski definition) is 5. The Morgan fingerprint density at radius 1 is 1.04 bits per heavy atom. The van der Waals surface area contributed by atoms with Crippen LogP contribution in [0.5, 0.6) is 0 Å². The first-order valence-electron chi connectivity index (χ1n) is 6.94. The molecule has 3 aromatic rings. The highest BCUT2D eigenvalue weighted by Gasteiger charge is 2.18. The molecule has 3 rings (SSSR count). The van der Waals surface area contributed by atoms with Gasteiger partial charge < -0.3 is 5.73 Å². The molecule has 0 radical (unpaired) electrons. The number of amides is 3. The SMILES string of the molecule is NC(=O)NNC(=O)c1nc(-c2ccccc2)n(-c2cccnc2)n1. The van der Waals surface area contributed by atoms with Gasteiger partial charge in [-0.25, -0.2) is 19.9 Å². The van der Waals surface area contributed by atoms with Crippen LogP contribution in [-0.4, -0.2) is 31.7 Å². The van der Waals surface area contributed by atoms with Gasteiger partial charge in [0.15, 0.2) is 5.82 Å². The van der Waals surface area contributed by atoms with Crippen LogP contribution in [0.15, 0.2) is 54.9 Å². The van der Waals surface area contributed by atoms with Crippen LogP contribution in [0.3, 0.4) is 0 Å². The Morgan fingerprint density at radius 3 is 2.50 bits per heavy atom. The maximum Gasteiger partial charge on any atom is 0.330 e. The van der Waals surface area contributed by atoms with Gasteiger partial charge in [0.1, 0.15) is 0 Å². The van der Waals surface area contributed by atoms with Gasteiger partial charge in [0, 0.05) is 11.8 Å². The second-order valence-electron chi connectivity index (χ2n) is 4.69. The summed E-state index contributed by atoms with van der Waals surface area (Å²) in [5.74, 6) is -0.340. The van der Waals surface area contributed by atoms with Crippen molar-refractivity contribution in [2.24, 2.45) is 5.73 Å². The molecule has 3 amide bonds. The van der Waals surface area contributed by atoms with Gasteiger partial charge in [-0.3, -0.25) is 15.2 Å². The molecule has 4 N–H and O–H groups in total. The molecule has 0 unspecified atom stereocenters. The maximum atomic E-state index is 12.0. The van der Waals surface area contributed by atoms with Gasteiger partial charge in [0.2, 0.25) is 5.82 Å². The second kappa shape index (κ2) is 6.57. The van der Waals surface area contributed by atoms with Crippen LogP contribution in [0.1, 0.15) is 10.6 Å². The van der Waals surface area contributed by atoms with Crippen molar-refractivity contribution in [1.82, 2.24) is 30.6 Å². The lowest BCUT2D eigenvalue weighted by molar-refractivity contribution is 0.0927. The lowest BCUT2D eigenvalue weighted by atomic mass is 10.2. The molecule has 0 saturated heterocycles. The Kier molecular flexibility index (Phi) is 4.15. The third-order valence-electron chi connectivity index (χ3n) is 3.03. The van der Waals surface area contributed by atoms with Gasteiger partial charge in [0.05, 0.1) is 11.9 Å². The minimum absolute atomic E-state index is 0.119. The van der Waals surface area contributed by atoms with Gasteiger partial charge in [-0.1, -0.05) is 30.3 Å². The predicted molar refractivity (Wildman–Crippen MR) is 84.8 cm³/mol. The number of primary amides is 1. The number of nitrogens with one attached hydrogen (secondary N) is 2. The number of rotatable bonds is 3. The van der Waals surface area contributed by atoms with Crippen molar-refractivity contribution in [3.63, 3.8) is 0 Å². The highest BCUT2D eigenvalue weighted by atomic mass is 16.2. The van der Waals surface area contributed by atoms with E-state index in [0.717, 1.165) is 5.56 Å². The Morgan fingerprint density at radius 2 is 1.83 bits per heavy atom. The summed E-state index contributed by atoms with van der Waals surface area (Å²) in [5.41, 5.74) is 10.4. The van der Waals surface area contributed by atoms with E-state index in [1.165, 1.54) is 4.68 Å². The normalized spacial score (nSPS) is 10.2. The van der Waals surface area contributed by atoms with Crippen LogP contribution >= 0.6 is 0 Å². The van der Waals surface area contributed by atoms with Gasteiger partial charge in [-0.2, -0.15) is 0 Å². The summed E-state index contributed by atoms with van der Waals surface area (Å²) < 4.78 is 1.50. The molecular weight excluding hydrogens is 310 g/mol. The number of nitrogens with two attached hydrogens (primary N) is 1. The first kappa shape index (κ1) is 15.2. The number of hydrazine groups is 1. The minimum Gasteiger partial charge on any atom is -0.350 e. The molecule has 24 heavy (non-hydrogen) atoms. The van der Waals surface area contributed by atoms with Crippen LogP contribution in [-0.2, 0) is 0 Å². The van der Waals surface area contributed by atoms with E-state index in [0.29, 0.717) is 11.5 Å². The topological polar surface area (TPSA) is 128 Å². The fourth-order valence-corrected chi connectivity index (χ4v) is 2.02. The average Bonchev–Trinajstić information content (AvgIpc) is 3.06. The second-order valence-corrected chi connectivity index (χ2v) is 4.69. The first-order chi connectivity index (χ1) is 11.6. The minimum atomic E-state index is -0.890. The van der Waals surface area contributed by atoms with Gasteiger partial charge in [0.25, 0.3) is 0 Å². The molecule has 0 fully saturated rings. The van der Waals surface area contributed by atoms with E-state index in [4.69, 9.17) is 5.73 Å². The number of carbonyl (C=O) groups excluding carboxylic acids is 2. The van der Waals surface area contributed by atoms with E-state index >= 15 is 0 Å². The molecule has 0 spiro atoms. The van der Waals surface area contributed by atoms with Crippen molar-refractivity contribution in [2.75, 3.05) is 0 Å². The van der Waals surface area contributed by atoms with Gasteiger partial charge >= 0.3 is 11.9 Å². The predicted octanol–water partition coefficient (Wildman–Crippen LogP) is 0.642. The molecule has 0 aliphatic carbocycles. The number of aromatic nitrogens is 4. The Hall–Kier alpha value is -3.75. The smallest absolute Gasteiger partial charge is 0.330 e. The average molecular weight is 323 g/mol. The zero-order valence-corrected chi connectivity index (χ0v) is 12.4. The molecule has 1 aromatic carbocycles. The summed E-state index contributed by atoms with van der Waals surface area (Å²) in [6, 6.07) is 11.9. The van der Waals surface area contributed by atoms with E-state index in [1.807, 2.05) is 35.8 Å². The van der Waals surface area contributed by atoms with Crippen LogP contribution in [0.2, 0.25) is 0 Å². The number of urea groups is 1. The molecule has 0 atom stereocenters. The van der Waals surface area contributed by atoms with E-state index in [-0.39, 0.29) is 5.82 Å². The molecule has 9 nitrogen and oxygen atoms in total. The van der Waals surface area contributed by atoms with Crippen LogP contribution in [0.4, 0.5) is 4.79 Å². The molecule has 0 bridgehead atoms. The molecule has 120 valence electrons. The zero-order chi connectivity index (χ0) is 16.9. The molecule has 2 heterocycles. The number of carbonyl (C=O) groups is 2. The summed E-state index contributed by atoms with van der Waals surface area (Å²) in [6.45, 7) is 0. The van der Waals surface area contributed by atoms with Gasteiger partial charge in [-0.05, 0) is 12.1 Å². The fourth-order valence-electron chi connectivity index (χ4n) is 2.02. The summed E-state index contributed by atoms with van der Waals surface area (Å²) in [7, 11) is 0. The third kappa shape index (κ3) is 3.19. The monoisotopic (exact) mass is 323 g/mol. The van der Waals surface area contributed by atoms with Crippen LogP contribution in [0.25, 0.3) is 17.1 Å². The van der Waals surface area contributed by atoms with E-state index in [1.54, 1.807) is 24.5 Å². The number of pyridine rings is 1. The largest absolute Gasteiger partial charge is 0.350 e. The first-order valence-corrected chi connectivity index (χ1v) is 6.94. The summed E-state index contributed by atoms with van der Waals surface area (Å²) in [4.78, 5) is 31.0. The van der Waals surface area contributed by atoms with Crippen molar-refractivity contribution < 1.29 is 9.59 Å². The van der Waals surface area contributed by atoms with E-state index in [9.17, 15) is 9.59 Å². The van der Waals surface area contributed by atoms with Crippen LogP contribution < -0.4 is 16.6 Å². The zero-order valence-electron chi connectivity index (χ0n) is 12.4. The maximum absolute atomic E-state index is 12.0. The molecular formula is C15H13N7O2. The standard InChI is InChI=1S/C15H13N7O2/c16-15(24)20-19-14(23)12-18-13(10-5-2-1-3-6-10)22(21-12)11-7-4-8-17-9-11/h1-9H,(H,19,23)(H3,16,20,24). The Balaban J connectivity index is 2.03. The Bertz CT molecular complexity index is 805. The van der Waals surface area contributed by atoms with Crippen LogP contribution in [0, 0.1) is 0 Å². The Labute approximate surface area is 136 Å². The summed E-state index contributed by atoms with van der Waals surface area (Å²) in [6.07, 6.45) is 3.23. The lowest BCUT2D eigenvalue weighted by Gasteiger charge is -2.04. The van der Waals surface area contributed by atoms with Crippen molar-refractivity contribution in [3.05, 3.63) is 60.7 Å². The van der Waals surface area contributed by atoms with Crippen molar-refractivity contribution in [3.8, 4) is 17.1 Å². The van der Waals surface area contributed by atoms with Gasteiger partial charge in [-0.15, -0.1) is 5.10 Å². The van der Waals surface area contributed by atoms with E-state index in [2.05, 4.69) is 20.5 Å². The number of nitrogens with zero attached hydrogens (tertiary/aromatic N) is 4. The quantitative estimate of drug-likeness (QED) is 0.609. The summed E-state index contributed by atoms with van der Waals surface area (Å²) in [5, 5.41) is 4.20. The summed E-state index contributed by atoms with van der Waals surface area (Å²) >= 11 is 0. The molecule has 0 aliphatic heterocycles. The third-order valence-corrected chi connectivity index (χ3v) is 3.03. The number of benzene rings is 1. The van der Waals surface area contributed by atoms with Crippen molar-refractivity contribution in [2.45, 2.75) is 0 Å².